The average Bonchev–Trinajstić information content (AvgIpc) is 2.86. The summed E-state index contributed by atoms with van der Waals surface area (Å²) >= 11 is 0. The smallest absolute Gasteiger partial charge is 0.310 e. The molecule has 0 radical (unpaired) electrons. The molecular formula is C13H22N4O2. The lowest BCUT2D eigenvalue weighted by molar-refractivity contribution is -0.153. The van der Waals surface area contributed by atoms with E-state index in [9.17, 15) is 9.90 Å². The fraction of sp³-hybridized carbons (Fsp3) is 0.769. The highest BCUT2D eigenvalue weighted by Gasteiger charge is 2.40. The predicted molar refractivity (Wildman–Crippen MR) is 70.6 cm³/mol. The van der Waals surface area contributed by atoms with Gasteiger partial charge >= 0.3 is 5.97 Å². The van der Waals surface area contributed by atoms with Crippen molar-refractivity contribution in [2.24, 2.45) is 5.41 Å². The van der Waals surface area contributed by atoms with E-state index in [0.29, 0.717) is 19.5 Å². The highest BCUT2D eigenvalue weighted by Crippen LogP contribution is 2.34. The molecule has 1 aromatic heterocycles. The molecule has 19 heavy (non-hydrogen) atoms. The van der Waals surface area contributed by atoms with Gasteiger partial charge in [0.25, 0.3) is 0 Å². The molecule has 106 valence electrons. The van der Waals surface area contributed by atoms with Gasteiger partial charge in [0.2, 0.25) is 0 Å². The number of hydrogen-bond acceptors (Lipinski definition) is 4. The van der Waals surface area contributed by atoms with Crippen molar-refractivity contribution in [3.05, 3.63) is 12.2 Å². The van der Waals surface area contributed by atoms with Gasteiger partial charge in [-0.2, -0.15) is 5.10 Å². The number of aryl methyl sites for hydroxylation is 1. The van der Waals surface area contributed by atoms with Crippen molar-refractivity contribution in [2.75, 3.05) is 13.1 Å². The summed E-state index contributed by atoms with van der Waals surface area (Å²) in [5.41, 5.74) is -0.588. The number of carboxylic acids is 1. The van der Waals surface area contributed by atoms with Crippen LogP contribution in [0.4, 0.5) is 0 Å². The molecular weight excluding hydrogens is 244 g/mol. The van der Waals surface area contributed by atoms with Gasteiger partial charge in [-0.15, -0.1) is 0 Å². The molecule has 0 saturated carbocycles. The van der Waals surface area contributed by atoms with Crippen LogP contribution in [0.1, 0.15) is 38.9 Å². The molecule has 6 heteroatoms. The number of hydrogen-bond donors (Lipinski definition) is 1. The van der Waals surface area contributed by atoms with Crippen molar-refractivity contribution in [3.63, 3.8) is 0 Å². The van der Waals surface area contributed by atoms with Gasteiger partial charge in [-0.3, -0.25) is 9.69 Å². The molecule has 1 fully saturated rings. The topological polar surface area (TPSA) is 71.2 Å². The molecule has 1 aliphatic rings. The SMILES string of the molecule is CCn1ncnc1CN1CCCC(CC)(C(=O)O)C1. The van der Waals surface area contributed by atoms with Gasteiger partial charge in [0.1, 0.15) is 12.2 Å². The lowest BCUT2D eigenvalue weighted by atomic mass is 9.77. The molecule has 0 spiro atoms. The first kappa shape index (κ1) is 14.0. The molecule has 0 aromatic carbocycles. The summed E-state index contributed by atoms with van der Waals surface area (Å²) in [7, 11) is 0. The monoisotopic (exact) mass is 266 g/mol. The summed E-state index contributed by atoms with van der Waals surface area (Å²) in [6.07, 6.45) is 3.95. The molecule has 1 saturated heterocycles. The second-order valence-electron chi connectivity index (χ2n) is 5.25. The normalized spacial score (nSPS) is 24.5. The standard InChI is InChI=1S/C13H22N4O2/c1-3-13(12(18)19)6-5-7-16(9-13)8-11-14-10-15-17(11)4-2/h10H,3-9H2,1-2H3,(H,18,19). The molecule has 2 rings (SSSR count). The summed E-state index contributed by atoms with van der Waals surface area (Å²) in [4.78, 5) is 18.0. The van der Waals surface area contributed by atoms with Gasteiger partial charge in [-0.05, 0) is 32.7 Å². The Kier molecular flexibility index (Phi) is 4.19. The lowest BCUT2D eigenvalue weighted by Crippen LogP contribution is -2.47. The first-order chi connectivity index (χ1) is 9.11. The van der Waals surface area contributed by atoms with Gasteiger partial charge in [0, 0.05) is 13.1 Å². The van der Waals surface area contributed by atoms with Crippen LogP contribution in [0.3, 0.4) is 0 Å². The van der Waals surface area contributed by atoms with E-state index in [1.54, 1.807) is 6.33 Å². The Hall–Kier alpha value is -1.43. The molecule has 6 nitrogen and oxygen atoms in total. The molecule has 0 amide bonds. The Bertz CT molecular complexity index is 446. The Labute approximate surface area is 113 Å². The number of carboxylic acid groups (broad SMARTS) is 1. The van der Waals surface area contributed by atoms with E-state index < -0.39 is 11.4 Å². The second-order valence-corrected chi connectivity index (χ2v) is 5.25. The number of nitrogens with zero attached hydrogens (tertiary/aromatic N) is 4. The molecule has 1 aromatic rings. The molecule has 2 heterocycles. The number of rotatable bonds is 5. The van der Waals surface area contributed by atoms with E-state index in [1.165, 1.54) is 0 Å². The van der Waals surface area contributed by atoms with Crippen LogP contribution in [0.2, 0.25) is 0 Å². The van der Waals surface area contributed by atoms with Gasteiger partial charge < -0.3 is 5.11 Å². The van der Waals surface area contributed by atoms with Crippen LogP contribution in [-0.4, -0.2) is 43.8 Å². The van der Waals surface area contributed by atoms with Crippen molar-refractivity contribution in [3.8, 4) is 0 Å². The van der Waals surface area contributed by atoms with E-state index in [2.05, 4.69) is 15.0 Å². The summed E-state index contributed by atoms with van der Waals surface area (Å²) in [5.74, 6) is 0.247. The zero-order chi connectivity index (χ0) is 13.9. The largest absolute Gasteiger partial charge is 0.481 e. The van der Waals surface area contributed by atoms with Crippen LogP contribution in [-0.2, 0) is 17.9 Å². The van der Waals surface area contributed by atoms with Crippen LogP contribution in [0, 0.1) is 5.41 Å². The molecule has 1 N–H and O–H groups in total. The van der Waals surface area contributed by atoms with E-state index in [0.717, 1.165) is 31.8 Å². The minimum absolute atomic E-state index is 0.588. The molecule has 0 aliphatic carbocycles. The molecule has 1 unspecified atom stereocenters. The minimum atomic E-state index is -0.670. The van der Waals surface area contributed by atoms with Gasteiger partial charge in [0.05, 0.1) is 12.0 Å². The summed E-state index contributed by atoms with van der Waals surface area (Å²) in [5, 5.41) is 13.6. The number of aliphatic carboxylic acids is 1. The van der Waals surface area contributed by atoms with Crippen LogP contribution in [0.15, 0.2) is 6.33 Å². The van der Waals surface area contributed by atoms with Crippen molar-refractivity contribution in [2.45, 2.75) is 46.2 Å². The van der Waals surface area contributed by atoms with E-state index in [1.807, 2.05) is 18.5 Å². The van der Waals surface area contributed by atoms with Crippen molar-refractivity contribution in [1.82, 2.24) is 19.7 Å². The van der Waals surface area contributed by atoms with Gasteiger partial charge in [-0.1, -0.05) is 6.92 Å². The summed E-state index contributed by atoms with van der Waals surface area (Å²) in [6.45, 7) is 7.01. The number of aromatic nitrogens is 3. The van der Waals surface area contributed by atoms with Crippen molar-refractivity contribution < 1.29 is 9.90 Å². The maximum Gasteiger partial charge on any atom is 0.310 e. The minimum Gasteiger partial charge on any atom is -0.481 e. The van der Waals surface area contributed by atoms with Crippen LogP contribution < -0.4 is 0 Å². The lowest BCUT2D eigenvalue weighted by Gasteiger charge is -2.39. The van der Waals surface area contributed by atoms with Crippen molar-refractivity contribution in [1.29, 1.82) is 0 Å². The molecule has 1 atom stereocenters. The third-order valence-electron chi connectivity index (χ3n) is 4.15. The van der Waals surface area contributed by atoms with Crippen LogP contribution in [0.5, 0.6) is 0 Å². The highest BCUT2D eigenvalue weighted by atomic mass is 16.4. The third-order valence-corrected chi connectivity index (χ3v) is 4.15. The molecule has 1 aliphatic heterocycles. The number of likely N-dealkylation sites (tertiary alicyclic amines) is 1. The predicted octanol–water partition coefficient (Wildman–Crippen LogP) is 1.37. The van der Waals surface area contributed by atoms with Crippen LogP contribution >= 0.6 is 0 Å². The Morgan fingerprint density at radius 3 is 2.95 bits per heavy atom. The zero-order valence-electron chi connectivity index (χ0n) is 11.7. The van der Waals surface area contributed by atoms with E-state index in [-0.39, 0.29) is 0 Å². The van der Waals surface area contributed by atoms with E-state index in [4.69, 9.17) is 0 Å². The first-order valence-corrected chi connectivity index (χ1v) is 6.93. The first-order valence-electron chi connectivity index (χ1n) is 6.93. The Balaban J connectivity index is 2.07. The number of piperidine rings is 1. The Morgan fingerprint density at radius 1 is 1.53 bits per heavy atom. The maximum absolute atomic E-state index is 11.5. The average molecular weight is 266 g/mol. The highest BCUT2D eigenvalue weighted by molar-refractivity contribution is 5.75. The van der Waals surface area contributed by atoms with E-state index >= 15 is 0 Å². The van der Waals surface area contributed by atoms with Crippen LogP contribution in [0.25, 0.3) is 0 Å². The summed E-state index contributed by atoms with van der Waals surface area (Å²) < 4.78 is 1.86. The molecule has 0 bridgehead atoms. The number of carbonyl (C=O) groups is 1. The quantitative estimate of drug-likeness (QED) is 0.871. The third kappa shape index (κ3) is 2.78. The second kappa shape index (κ2) is 5.69. The van der Waals surface area contributed by atoms with Crippen molar-refractivity contribution >= 4 is 5.97 Å². The summed E-state index contributed by atoms with van der Waals surface area (Å²) in [6, 6.07) is 0. The fourth-order valence-corrected chi connectivity index (χ4v) is 2.85. The zero-order valence-corrected chi connectivity index (χ0v) is 11.7. The van der Waals surface area contributed by atoms with Gasteiger partial charge in [-0.25, -0.2) is 9.67 Å². The Morgan fingerprint density at radius 2 is 2.32 bits per heavy atom. The van der Waals surface area contributed by atoms with Gasteiger partial charge in [0.15, 0.2) is 0 Å². The maximum atomic E-state index is 11.5. The fourth-order valence-electron chi connectivity index (χ4n) is 2.85.